The number of nitrogens with one attached hydrogen (secondary N) is 1. The zero-order valence-electron chi connectivity index (χ0n) is 15.4. The highest BCUT2D eigenvalue weighted by molar-refractivity contribution is 9.10. The van der Waals surface area contributed by atoms with Crippen LogP contribution in [0, 0.1) is 6.92 Å². The Morgan fingerprint density at radius 3 is 2.44 bits per heavy atom. The molecule has 0 saturated heterocycles. The number of rotatable bonds is 8. The average Bonchev–Trinajstić information content (AvgIpc) is 3.02. The number of thiazole rings is 1. The fourth-order valence-corrected chi connectivity index (χ4v) is 6.00. The molecule has 0 amide bonds. The van der Waals surface area contributed by atoms with Crippen LogP contribution in [0.15, 0.2) is 46.9 Å². The third-order valence-corrected chi connectivity index (χ3v) is 7.70. The van der Waals surface area contributed by atoms with Gasteiger partial charge in [-0.1, -0.05) is 45.5 Å². The molecule has 27 heavy (non-hydrogen) atoms. The molecule has 0 spiro atoms. The van der Waals surface area contributed by atoms with Crippen molar-refractivity contribution >= 4 is 50.2 Å². The van der Waals surface area contributed by atoms with Crippen molar-refractivity contribution in [3.8, 4) is 0 Å². The molecule has 0 aliphatic rings. The number of benzene rings is 2. The molecule has 1 aromatic heterocycles. The molecule has 0 fully saturated rings. The lowest BCUT2D eigenvalue weighted by molar-refractivity contribution is 0.214. The van der Waals surface area contributed by atoms with Crippen LogP contribution < -0.4 is 5.32 Å². The average molecular weight is 469 g/mol. The highest BCUT2D eigenvalue weighted by atomic mass is 79.9. The van der Waals surface area contributed by atoms with Gasteiger partial charge in [-0.3, -0.25) is 4.57 Å². The summed E-state index contributed by atoms with van der Waals surface area (Å²) < 4.78 is 26.8. The molecule has 1 unspecified atom stereocenters. The van der Waals surface area contributed by atoms with Crippen LogP contribution in [-0.4, -0.2) is 18.2 Å². The van der Waals surface area contributed by atoms with E-state index < -0.39 is 13.4 Å². The highest BCUT2D eigenvalue weighted by Gasteiger charge is 2.37. The van der Waals surface area contributed by atoms with Crippen LogP contribution in [0.3, 0.4) is 0 Å². The first-order chi connectivity index (χ1) is 12.9. The fourth-order valence-electron chi connectivity index (χ4n) is 2.75. The van der Waals surface area contributed by atoms with E-state index in [9.17, 15) is 4.57 Å². The number of nitrogens with zero attached hydrogens (tertiary/aromatic N) is 1. The first-order valence-electron chi connectivity index (χ1n) is 8.73. The predicted molar refractivity (Wildman–Crippen MR) is 116 cm³/mol. The van der Waals surface area contributed by atoms with Crippen LogP contribution in [0.25, 0.3) is 10.2 Å². The van der Waals surface area contributed by atoms with Gasteiger partial charge in [0, 0.05) is 4.47 Å². The molecule has 1 N–H and O–H groups in total. The molecule has 0 bridgehead atoms. The molecule has 1 heterocycles. The molecule has 144 valence electrons. The normalized spacial score (nSPS) is 13.0. The van der Waals surface area contributed by atoms with Gasteiger partial charge in [-0.05, 0) is 56.2 Å². The molecular weight excluding hydrogens is 447 g/mol. The maximum atomic E-state index is 13.5. The lowest BCUT2D eigenvalue weighted by Crippen LogP contribution is -2.15. The van der Waals surface area contributed by atoms with Gasteiger partial charge < -0.3 is 14.4 Å². The Kier molecular flexibility index (Phi) is 6.71. The zero-order chi connectivity index (χ0) is 19.4. The monoisotopic (exact) mass is 468 g/mol. The molecule has 3 rings (SSSR count). The van der Waals surface area contributed by atoms with E-state index in [1.165, 1.54) is 16.9 Å². The summed E-state index contributed by atoms with van der Waals surface area (Å²) in [5, 5.41) is 4.00. The summed E-state index contributed by atoms with van der Waals surface area (Å²) in [6, 6.07) is 13.8. The lowest BCUT2D eigenvalue weighted by atomic mass is 10.2. The van der Waals surface area contributed by atoms with Crippen LogP contribution in [0.4, 0.5) is 5.13 Å². The van der Waals surface area contributed by atoms with Crippen LogP contribution in [-0.2, 0) is 13.6 Å². The van der Waals surface area contributed by atoms with E-state index in [-0.39, 0.29) is 0 Å². The fraction of sp³-hybridized carbons (Fsp3) is 0.316. The molecule has 0 aliphatic heterocycles. The second-order valence-electron chi connectivity index (χ2n) is 5.96. The van der Waals surface area contributed by atoms with Gasteiger partial charge in [-0.2, -0.15) is 0 Å². The van der Waals surface area contributed by atoms with Crippen molar-refractivity contribution < 1.29 is 13.6 Å². The molecular formula is C19H22BrN2O3PS. The van der Waals surface area contributed by atoms with E-state index in [4.69, 9.17) is 9.05 Å². The van der Waals surface area contributed by atoms with Gasteiger partial charge in [0.15, 0.2) is 10.9 Å². The second kappa shape index (κ2) is 8.84. The Morgan fingerprint density at radius 2 is 1.81 bits per heavy atom. The predicted octanol–water partition coefficient (Wildman–Crippen LogP) is 6.74. The lowest BCUT2D eigenvalue weighted by Gasteiger charge is -2.27. The third-order valence-electron chi connectivity index (χ3n) is 3.92. The Bertz CT molecular complexity index is 951. The first kappa shape index (κ1) is 20.5. The Labute approximate surface area is 171 Å². The van der Waals surface area contributed by atoms with Crippen LogP contribution in [0.5, 0.6) is 0 Å². The van der Waals surface area contributed by atoms with E-state index in [1.807, 2.05) is 50.2 Å². The highest BCUT2D eigenvalue weighted by Crippen LogP contribution is 2.61. The van der Waals surface area contributed by atoms with Gasteiger partial charge in [-0.25, -0.2) is 4.98 Å². The number of aromatic nitrogens is 1. The molecule has 0 radical (unpaired) electrons. The summed E-state index contributed by atoms with van der Waals surface area (Å²) in [6.07, 6.45) is 0. The largest absolute Gasteiger partial charge is 0.357 e. The summed E-state index contributed by atoms with van der Waals surface area (Å²) >= 11 is 4.97. The SMILES string of the molecule is CCOP(=O)(OCC)C(Nc1nc2ccc(C)cc2s1)c1ccc(Br)cc1. The standard InChI is InChI=1S/C19H22BrN2O3PS/c1-4-24-26(23,25-5-2)18(14-7-9-15(20)10-8-14)22-19-21-16-11-6-13(3)12-17(16)27-19/h6-12,18H,4-5H2,1-3H3,(H,21,22). The smallest absolute Gasteiger partial charge is 0.344 e. The Balaban J connectivity index is 2.02. The van der Waals surface area contributed by atoms with Crippen molar-refractivity contribution in [2.24, 2.45) is 0 Å². The van der Waals surface area contributed by atoms with Gasteiger partial charge >= 0.3 is 7.60 Å². The maximum Gasteiger partial charge on any atom is 0.357 e. The molecule has 2 aromatic carbocycles. The third kappa shape index (κ3) is 4.79. The van der Waals surface area contributed by atoms with Crippen molar-refractivity contribution in [3.05, 3.63) is 58.1 Å². The zero-order valence-corrected chi connectivity index (χ0v) is 18.7. The number of hydrogen-bond acceptors (Lipinski definition) is 6. The van der Waals surface area contributed by atoms with Gasteiger partial charge in [0.25, 0.3) is 0 Å². The van der Waals surface area contributed by atoms with Crippen molar-refractivity contribution in [1.82, 2.24) is 4.98 Å². The molecule has 0 aliphatic carbocycles. The molecule has 5 nitrogen and oxygen atoms in total. The number of halogens is 1. The Hall–Kier alpha value is -1.24. The van der Waals surface area contributed by atoms with Gasteiger partial charge in [0.1, 0.15) is 0 Å². The number of aryl methyl sites for hydroxylation is 1. The number of hydrogen-bond donors (Lipinski definition) is 1. The minimum absolute atomic E-state index is 0.297. The first-order valence-corrected chi connectivity index (χ1v) is 12.0. The van der Waals surface area contributed by atoms with E-state index >= 15 is 0 Å². The topological polar surface area (TPSA) is 60.5 Å². The van der Waals surface area contributed by atoms with Crippen molar-refractivity contribution in [2.45, 2.75) is 26.6 Å². The van der Waals surface area contributed by atoms with Gasteiger partial charge in [0.2, 0.25) is 0 Å². The van der Waals surface area contributed by atoms with Crippen molar-refractivity contribution in [3.63, 3.8) is 0 Å². The van der Waals surface area contributed by atoms with E-state index in [0.29, 0.717) is 18.3 Å². The van der Waals surface area contributed by atoms with Gasteiger partial charge in [-0.15, -0.1) is 0 Å². The molecule has 1 atom stereocenters. The van der Waals surface area contributed by atoms with Crippen molar-refractivity contribution in [2.75, 3.05) is 18.5 Å². The minimum Gasteiger partial charge on any atom is -0.344 e. The molecule has 8 heteroatoms. The summed E-state index contributed by atoms with van der Waals surface area (Å²) in [5.41, 5.74) is 2.90. The van der Waals surface area contributed by atoms with Crippen molar-refractivity contribution in [1.29, 1.82) is 0 Å². The van der Waals surface area contributed by atoms with Crippen LogP contribution in [0.2, 0.25) is 0 Å². The van der Waals surface area contributed by atoms with Gasteiger partial charge in [0.05, 0.1) is 23.4 Å². The summed E-state index contributed by atoms with van der Waals surface area (Å²) in [4.78, 5) is 4.64. The second-order valence-corrected chi connectivity index (χ2v) is 10.0. The summed E-state index contributed by atoms with van der Waals surface area (Å²) in [7, 11) is -3.44. The summed E-state index contributed by atoms with van der Waals surface area (Å²) in [5.74, 6) is -0.646. The number of anilines is 1. The van der Waals surface area contributed by atoms with E-state index in [2.05, 4.69) is 39.2 Å². The van der Waals surface area contributed by atoms with Crippen LogP contribution in [0.1, 0.15) is 30.8 Å². The maximum absolute atomic E-state index is 13.5. The van der Waals surface area contributed by atoms with E-state index in [1.54, 1.807) is 0 Å². The Morgan fingerprint density at radius 1 is 1.15 bits per heavy atom. The molecule has 0 saturated carbocycles. The quantitative estimate of drug-likeness (QED) is 0.370. The number of fused-ring (bicyclic) bond motifs is 1. The van der Waals surface area contributed by atoms with Crippen LogP contribution >= 0.6 is 34.9 Å². The molecule has 3 aromatic rings. The van der Waals surface area contributed by atoms with E-state index in [0.717, 1.165) is 20.3 Å². The minimum atomic E-state index is -3.44. The summed E-state index contributed by atoms with van der Waals surface area (Å²) in [6.45, 7) is 6.26.